The molecule has 0 aromatic carbocycles. The maximum absolute atomic E-state index is 10.9. The van der Waals surface area contributed by atoms with E-state index in [0.29, 0.717) is 5.65 Å². The summed E-state index contributed by atoms with van der Waals surface area (Å²) in [4.78, 5) is 10.9. The summed E-state index contributed by atoms with van der Waals surface area (Å²) in [6, 6.07) is 3.21. The second-order valence-electron chi connectivity index (χ2n) is 4.71. The topological polar surface area (TPSA) is 67.5 Å². The third-order valence-corrected chi connectivity index (χ3v) is 3.14. The van der Waals surface area contributed by atoms with E-state index in [0.717, 1.165) is 12.2 Å². The molecule has 0 aliphatic carbocycles. The minimum absolute atomic E-state index is 0.128. The van der Waals surface area contributed by atoms with Crippen LogP contribution in [0.3, 0.4) is 0 Å². The molecule has 0 unspecified atom stereocenters. The Balaban J connectivity index is 2.66. The number of rotatable bonds is 3. The van der Waals surface area contributed by atoms with E-state index in [1.807, 2.05) is 0 Å². The van der Waals surface area contributed by atoms with Gasteiger partial charge >= 0.3 is 5.97 Å². The first-order chi connectivity index (χ1) is 7.95. The van der Waals surface area contributed by atoms with E-state index < -0.39 is 5.97 Å². The van der Waals surface area contributed by atoms with Crippen molar-refractivity contribution in [1.29, 1.82) is 0 Å². The maximum atomic E-state index is 10.9. The molecular weight excluding hydrogens is 218 g/mol. The van der Waals surface area contributed by atoms with Crippen LogP contribution in [0.4, 0.5) is 0 Å². The van der Waals surface area contributed by atoms with E-state index in [-0.39, 0.29) is 11.0 Å². The number of pyridine rings is 1. The number of carboxylic acid groups (broad SMARTS) is 1. The second-order valence-corrected chi connectivity index (χ2v) is 4.71. The van der Waals surface area contributed by atoms with Gasteiger partial charge in [0.1, 0.15) is 5.82 Å². The third kappa shape index (κ3) is 1.88. The lowest BCUT2D eigenvalue weighted by molar-refractivity contribution is 0.0696. The molecule has 0 atom stereocenters. The SMILES string of the molecule is CCC(C)(C)c1nnc2ccc(C(=O)O)cn12. The van der Waals surface area contributed by atoms with Crippen LogP contribution in [-0.4, -0.2) is 25.7 Å². The van der Waals surface area contributed by atoms with Gasteiger partial charge in [0.2, 0.25) is 0 Å². The number of nitrogens with zero attached hydrogens (tertiary/aromatic N) is 3. The van der Waals surface area contributed by atoms with Crippen molar-refractivity contribution in [3.05, 3.63) is 29.7 Å². The molecule has 0 spiro atoms. The Labute approximate surface area is 99.1 Å². The molecule has 0 saturated carbocycles. The summed E-state index contributed by atoms with van der Waals surface area (Å²) in [5, 5.41) is 17.2. The highest BCUT2D eigenvalue weighted by Gasteiger charge is 2.24. The van der Waals surface area contributed by atoms with Crippen LogP contribution >= 0.6 is 0 Å². The van der Waals surface area contributed by atoms with Gasteiger partial charge in [0, 0.05) is 11.6 Å². The lowest BCUT2D eigenvalue weighted by atomic mass is 9.89. The molecule has 0 saturated heterocycles. The number of fused-ring (bicyclic) bond motifs is 1. The van der Waals surface area contributed by atoms with E-state index in [4.69, 9.17) is 5.11 Å². The van der Waals surface area contributed by atoms with Crippen molar-refractivity contribution in [3.63, 3.8) is 0 Å². The summed E-state index contributed by atoms with van der Waals surface area (Å²) in [5.74, 6) is -0.154. The Bertz CT molecular complexity index is 572. The monoisotopic (exact) mass is 233 g/mol. The molecule has 5 nitrogen and oxygen atoms in total. The van der Waals surface area contributed by atoms with Gasteiger partial charge in [-0.3, -0.25) is 4.40 Å². The molecule has 0 bridgehead atoms. The number of aromatic nitrogens is 3. The summed E-state index contributed by atoms with van der Waals surface area (Å²) in [7, 11) is 0. The van der Waals surface area contributed by atoms with E-state index in [9.17, 15) is 4.79 Å². The molecule has 17 heavy (non-hydrogen) atoms. The van der Waals surface area contributed by atoms with Gasteiger partial charge in [0.15, 0.2) is 5.65 Å². The van der Waals surface area contributed by atoms with Crippen LogP contribution in [0.15, 0.2) is 18.3 Å². The lowest BCUT2D eigenvalue weighted by Gasteiger charge is -2.20. The first-order valence-corrected chi connectivity index (χ1v) is 5.54. The van der Waals surface area contributed by atoms with Gasteiger partial charge in [-0.2, -0.15) is 0 Å². The zero-order valence-electron chi connectivity index (χ0n) is 10.1. The molecule has 90 valence electrons. The van der Waals surface area contributed by atoms with Crippen molar-refractivity contribution in [2.75, 3.05) is 0 Å². The van der Waals surface area contributed by atoms with Gasteiger partial charge in [-0.15, -0.1) is 10.2 Å². The fourth-order valence-electron chi connectivity index (χ4n) is 1.64. The zero-order valence-corrected chi connectivity index (χ0v) is 10.1. The quantitative estimate of drug-likeness (QED) is 0.881. The third-order valence-electron chi connectivity index (χ3n) is 3.14. The van der Waals surface area contributed by atoms with Crippen LogP contribution in [0.1, 0.15) is 43.4 Å². The smallest absolute Gasteiger partial charge is 0.337 e. The molecule has 2 heterocycles. The number of carbonyl (C=O) groups is 1. The minimum Gasteiger partial charge on any atom is -0.478 e. The van der Waals surface area contributed by atoms with Gasteiger partial charge in [0.25, 0.3) is 0 Å². The van der Waals surface area contributed by atoms with Gasteiger partial charge < -0.3 is 5.11 Å². The van der Waals surface area contributed by atoms with Crippen LogP contribution in [0.25, 0.3) is 5.65 Å². The molecule has 2 rings (SSSR count). The van der Waals surface area contributed by atoms with E-state index in [1.54, 1.807) is 16.7 Å². The van der Waals surface area contributed by atoms with E-state index >= 15 is 0 Å². The fraction of sp³-hybridized carbons (Fsp3) is 0.417. The standard InChI is InChI=1S/C12H15N3O2/c1-4-12(2,3)11-14-13-9-6-5-8(10(16)17)7-15(9)11/h5-7H,4H2,1-3H3,(H,16,17). The van der Waals surface area contributed by atoms with Crippen molar-refractivity contribution in [2.45, 2.75) is 32.6 Å². The predicted molar refractivity (Wildman–Crippen MR) is 63.3 cm³/mol. The summed E-state index contributed by atoms with van der Waals surface area (Å²) >= 11 is 0. The largest absolute Gasteiger partial charge is 0.478 e. The maximum Gasteiger partial charge on any atom is 0.337 e. The van der Waals surface area contributed by atoms with Crippen molar-refractivity contribution in [2.24, 2.45) is 0 Å². The van der Waals surface area contributed by atoms with Gasteiger partial charge in [-0.05, 0) is 18.6 Å². The molecule has 5 heteroatoms. The molecule has 1 N–H and O–H groups in total. The van der Waals surface area contributed by atoms with Crippen molar-refractivity contribution >= 4 is 11.6 Å². The van der Waals surface area contributed by atoms with Crippen LogP contribution in [-0.2, 0) is 5.41 Å². The Morgan fingerprint density at radius 1 is 1.41 bits per heavy atom. The molecule has 0 radical (unpaired) electrons. The minimum atomic E-state index is -0.944. The Kier molecular flexibility index (Phi) is 2.61. The zero-order chi connectivity index (χ0) is 12.6. The summed E-state index contributed by atoms with van der Waals surface area (Å²) in [6.07, 6.45) is 2.48. The van der Waals surface area contributed by atoms with Crippen LogP contribution in [0.2, 0.25) is 0 Å². The molecule has 0 fully saturated rings. The fourth-order valence-corrected chi connectivity index (χ4v) is 1.64. The van der Waals surface area contributed by atoms with E-state index in [1.165, 1.54) is 6.07 Å². The highest BCUT2D eigenvalue weighted by atomic mass is 16.4. The molecule has 0 aliphatic heterocycles. The second kappa shape index (κ2) is 3.84. The van der Waals surface area contributed by atoms with Crippen molar-refractivity contribution in [1.82, 2.24) is 14.6 Å². The molecule has 2 aromatic heterocycles. The highest BCUT2D eigenvalue weighted by molar-refractivity contribution is 5.87. The highest BCUT2D eigenvalue weighted by Crippen LogP contribution is 2.25. The summed E-state index contributed by atoms with van der Waals surface area (Å²) in [6.45, 7) is 6.20. The summed E-state index contributed by atoms with van der Waals surface area (Å²) < 4.78 is 1.76. The molecular formula is C12H15N3O2. The van der Waals surface area contributed by atoms with Crippen molar-refractivity contribution in [3.8, 4) is 0 Å². The van der Waals surface area contributed by atoms with Gasteiger partial charge in [-0.25, -0.2) is 4.79 Å². The first kappa shape index (κ1) is 11.6. The molecule has 2 aromatic rings. The Morgan fingerprint density at radius 3 is 2.71 bits per heavy atom. The summed E-state index contributed by atoms with van der Waals surface area (Å²) in [5.41, 5.74) is 0.785. The Hall–Kier alpha value is -1.91. The number of hydrogen-bond acceptors (Lipinski definition) is 3. The number of aromatic carboxylic acids is 1. The average Bonchev–Trinajstić information content (AvgIpc) is 2.72. The molecule has 0 amide bonds. The van der Waals surface area contributed by atoms with Crippen molar-refractivity contribution < 1.29 is 9.90 Å². The van der Waals surface area contributed by atoms with Gasteiger partial charge in [0.05, 0.1) is 5.56 Å². The van der Waals surface area contributed by atoms with Crippen LogP contribution in [0.5, 0.6) is 0 Å². The molecule has 0 aliphatic rings. The predicted octanol–water partition coefficient (Wildman–Crippen LogP) is 2.12. The van der Waals surface area contributed by atoms with E-state index in [2.05, 4.69) is 31.0 Å². The average molecular weight is 233 g/mol. The normalized spacial score (nSPS) is 11.9. The van der Waals surface area contributed by atoms with Gasteiger partial charge in [-0.1, -0.05) is 20.8 Å². The lowest BCUT2D eigenvalue weighted by Crippen LogP contribution is -2.19. The first-order valence-electron chi connectivity index (χ1n) is 5.54. The Morgan fingerprint density at radius 2 is 2.12 bits per heavy atom. The number of hydrogen-bond donors (Lipinski definition) is 1. The van der Waals surface area contributed by atoms with Crippen LogP contribution < -0.4 is 0 Å². The van der Waals surface area contributed by atoms with Crippen LogP contribution in [0, 0.1) is 0 Å². The number of carboxylic acids is 1.